The van der Waals surface area contributed by atoms with Crippen molar-refractivity contribution in [1.82, 2.24) is 14.9 Å². The minimum atomic E-state index is -0.487. The summed E-state index contributed by atoms with van der Waals surface area (Å²) in [4.78, 5) is 20.3. The van der Waals surface area contributed by atoms with Gasteiger partial charge in [-0.1, -0.05) is 144 Å². The molecule has 6 rings (SSSR count). The van der Waals surface area contributed by atoms with Crippen LogP contribution in [0.25, 0.3) is 0 Å². The van der Waals surface area contributed by atoms with E-state index in [-0.39, 0.29) is 11.2 Å². The molecular weight excluding hydrogens is 595 g/mol. The molecule has 0 aliphatic rings. The van der Waals surface area contributed by atoms with Crippen LogP contribution in [0.4, 0.5) is 0 Å². The second-order valence-electron chi connectivity index (χ2n) is 9.61. The second-order valence-corrected chi connectivity index (χ2v) is 12.5. The lowest BCUT2D eigenvalue weighted by atomic mass is 10.0. The average molecular weight is 622 g/mol. The zero-order valence-corrected chi connectivity index (χ0v) is 25.4. The minimum Gasteiger partial charge on any atom is -0.475 e. The number of ether oxygens (including phenoxy) is 1. The molecule has 0 aliphatic carbocycles. The zero-order valence-electron chi connectivity index (χ0n) is 22.9. The van der Waals surface area contributed by atoms with Gasteiger partial charge in [-0.2, -0.15) is 9.83 Å². The highest BCUT2D eigenvalue weighted by Gasteiger charge is 2.22. The van der Waals surface area contributed by atoms with Gasteiger partial charge in [0, 0.05) is 11.8 Å². The van der Waals surface area contributed by atoms with Gasteiger partial charge in [-0.3, -0.25) is 9.89 Å². The Bertz CT molecular complexity index is 1800. The highest BCUT2D eigenvalue weighted by molar-refractivity contribution is 8.00. The van der Waals surface area contributed by atoms with Gasteiger partial charge in [0.2, 0.25) is 5.43 Å². The predicted octanol–water partition coefficient (Wildman–Crippen LogP) is 8.04. The fourth-order valence-electron chi connectivity index (χ4n) is 4.64. The number of hydrogen-bond acceptors (Lipinski definition) is 7. The maximum atomic E-state index is 13.6. The van der Waals surface area contributed by atoms with Gasteiger partial charge in [-0.25, -0.2) is 0 Å². The van der Waals surface area contributed by atoms with E-state index in [2.05, 4.69) is 10.2 Å². The van der Waals surface area contributed by atoms with Crippen LogP contribution in [0.5, 0.6) is 5.75 Å². The topological polar surface area (TPSA) is 69.1 Å². The number of aromatic nitrogens is 3. The molecule has 0 saturated carbocycles. The number of nitrogens with one attached hydrogen (secondary N) is 1. The number of rotatable bonds is 11. The number of benzene rings is 4. The number of H-pyrrole nitrogens is 1. The molecule has 0 aliphatic heterocycles. The molecule has 0 amide bonds. The third kappa shape index (κ3) is 7.14. The Morgan fingerprint density at radius 1 is 0.767 bits per heavy atom. The van der Waals surface area contributed by atoms with E-state index in [0.717, 1.165) is 26.6 Å². The molecule has 2 heterocycles. The summed E-state index contributed by atoms with van der Waals surface area (Å²) in [6, 6.07) is 41.4. The van der Waals surface area contributed by atoms with Crippen molar-refractivity contribution in [3.05, 3.63) is 176 Å². The lowest BCUT2D eigenvalue weighted by Crippen LogP contribution is -2.25. The molecule has 6 aromatic rings. The van der Waals surface area contributed by atoms with Crippen LogP contribution in [0.3, 0.4) is 0 Å². The van der Waals surface area contributed by atoms with Crippen molar-refractivity contribution in [2.45, 2.75) is 22.3 Å². The van der Waals surface area contributed by atoms with E-state index in [9.17, 15) is 4.79 Å². The molecule has 6 nitrogen and oxygen atoms in total. The summed E-state index contributed by atoms with van der Waals surface area (Å²) in [5.74, 6) is 0.615. The first-order valence-corrected chi connectivity index (χ1v) is 15.8. The van der Waals surface area contributed by atoms with E-state index >= 15 is 0 Å². The molecule has 0 radical (unpaired) electrons. The molecule has 0 fully saturated rings. The molecule has 2 aromatic heterocycles. The van der Waals surface area contributed by atoms with Crippen LogP contribution in [0.2, 0.25) is 0 Å². The lowest BCUT2D eigenvalue weighted by molar-refractivity contribution is 0.0528. The highest BCUT2D eigenvalue weighted by atomic mass is 32.2. The van der Waals surface area contributed by atoms with Crippen LogP contribution in [-0.4, -0.2) is 14.9 Å². The van der Waals surface area contributed by atoms with Crippen LogP contribution >= 0.6 is 35.3 Å². The summed E-state index contributed by atoms with van der Waals surface area (Å²) in [6.45, 7) is 0. The van der Waals surface area contributed by atoms with Crippen molar-refractivity contribution >= 4 is 35.3 Å². The van der Waals surface area contributed by atoms with Crippen LogP contribution < -0.4 is 15.0 Å². The molecule has 214 valence electrons. The maximum absolute atomic E-state index is 13.6. The first-order chi connectivity index (χ1) is 21.1. The normalized spacial score (nSPS) is 11.1. The molecule has 0 saturated heterocycles. The smallest absolute Gasteiger partial charge is 0.223 e. The molecule has 1 N–H and O–H groups in total. The van der Waals surface area contributed by atoms with E-state index in [1.165, 1.54) is 23.1 Å². The van der Waals surface area contributed by atoms with Crippen molar-refractivity contribution in [2.24, 2.45) is 0 Å². The van der Waals surface area contributed by atoms with E-state index in [1.54, 1.807) is 17.0 Å². The Morgan fingerprint density at radius 2 is 1.26 bits per heavy atom. The summed E-state index contributed by atoms with van der Waals surface area (Å²) >= 11 is 8.07. The van der Waals surface area contributed by atoms with Gasteiger partial charge in [0.05, 0.1) is 11.9 Å². The van der Waals surface area contributed by atoms with E-state index in [1.807, 2.05) is 121 Å². The Hall–Kier alpha value is -4.44. The van der Waals surface area contributed by atoms with Crippen LogP contribution in [0.1, 0.15) is 40.2 Å². The zero-order chi connectivity index (χ0) is 29.4. The van der Waals surface area contributed by atoms with Gasteiger partial charge in [-0.05, 0) is 34.5 Å². The summed E-state index contributed by atoms with van der Waals surface area (Å²) < 4.78 is 9.56. The predicted molar refractivity (Wildman–Crippen MR) is 174 cm³/mol. The average Bonchev–Trinajstić information content (AvgIpc) is 3.49. The molecule has 0 atom stereocenters. The van der Waals surface area contributed by atoms with Gasteiger partial charge in [0.1, 0.15) is 6.10 Å². The maximum Gasteiger partial charge on any atom is 0.223 e. The first-order valence-electron chi connectivity index (χ1n) is 13.6. The molecule has 43 heavy (non-hydrogen) atoms. The number of aromatic amines is 1. The summed E-state index contributed by atoms with van der Waals surface area (Å²) in [5, 5.41) is 7.07. The van der Waals surface area contributed by atoms with Gasteiger partial charge >= 0.3 is 0 Å². The number of thioether (sulfide) groups is 1. The first kappa shape index (κ1) is 28.7. The van der Waals surface area contributed by atoms with Crippen molar-refractivity contribution in [1.29, 1.82) is 0 Å². The number of nitrogens with zero attached hydrogens (tertiary/aromatic N) is 2. The lowest BCUT2D eigenvalue weighted by Gasteiger charge is -2.25. The fourth-order valence-corrected chi connectivity index (χ4v) is 6.68. The standard InChI is InChI=1S/C34H27N3O3S3/c38-29-21-28(23-42-34-36-35-33(41)43-34)37(40-32(26-17-9-3-10-18-26)27-19-11-4-12-20-27)22-30(29)39-31(24-13-5-1-6-14-24)25-15-7-2-8-16-25/h1-22,31-32H,23H2,(H,35,41). The molecule has 0 unspecified atom stereocenters. The van der Waals surface area contributed by atoms with Gasteiger partial charge in [0.25, 0.3) is 0 Å². The van der Waals surface area contributed by atoms with Crippen molar-refractivity contribution in [2.75, 3.05) is 0 Å². The largest absolute Gasteiger partial charge is 0.475 e. The van der Waals surface area contributed by atoms with Gasteiger partial charge in [0.15, 0.2) is 20.1 Å². The Kier molecular flexibility index (Phi) is 9.13. The van der Waals surface area contributed by atoms with Gasteiger partial charge in [-0.15, -0.1) is 0 Å². The number of hydrogen-bond donors (Lipinski definition) is 1. The van der Waals surface area contributed by atoms with Crippen LogP contribution in [0, 0.1) is 3.95 Å². The van der Waals surface area contributed by atoms with Gasteiger partial charge < -0.3 is 9.57 Å². The SMILES string of the molecule is O=c1cc(CSc2n[nH]c(=S)s2)n(OC(c2ccccc2)c2ccccc2)cc1OC(c1ccccc1)c1ccccc1. The molecule has 0 bridgehead atoms. The van der Waals surface area contributed by atoms with E-state index < -0.39 is 12.2 Å². The quantitative estimate of drug-likeness (QED) is 0.117. The van der Waals surface area contributed by atoms with Crippen molar-refractivity contribution in [3.8, 4) is 5.75 Å². The van der Waals surface area contributed by atoms with Crippen LogP contribution in [0.15, 0.2) is 143 Å². The van der Waals surface area contributed by atoms with Crippen molar-refractivity contribution in [3.63, 3.8) is 0 Å². The third-order valence-corrected chi connectivity index (χ3v) is 8.96. The Morgan fingerprint density at radius 3 is 1.72 bits per heavy atom. The Labute approximate surface area is 262 Å². The molecular formula is C34H27N3O3S3. The van der Waals surface area contributed by atoms with E-state index in [4.69, 9.17) is 21.8 Å². The van der Waals surface area contributed by atoms with Crippen molar-refractivity contribution < 1.29 is 9.57 Å². The third-order valence-electron chi connectivity index (χ3n) is 6.69. The second kappa shape index (κ2) is 13.7. The minimum absolute atomic E-state index is 0.182. The summed E-state index contributed by atoms with van der Waals surface area (Å²) in [6.07, 6.45) is 0.731. The molecule has 0 spiro atoms. The molecule has 9 heteroatoms. The fraction of sp³-hybridized carbons (Fsp3) is 0.0882. The van der Waals surface area contributed by atoms with E-state index in [0.29, 0.717) is 15.4 Å². The highest BCUT2D eigenvalue weighted by Crippen LogP contribution is 2.30. The number of pyridine rings is 1. The summed E-state index contributed by atoms with van der Waals surface area (Å²) in [5.41, 5.74) is 4.25. The Balaban J connectivity index is 1.41. The summed E-state index contributed by atoms with van der Waals surface area (Å²) in [7, 11) is 0. The molecule has 4 aromatic carbocycles. The monoisotopic (exact) mass is 621 g/mol. The van der Waals surface area contributed by atoms with Crippen LogP contribution in [-0.2, 0) is 5.75 Å².